The fraction of sp³-hybridized carbons (Fsp3) is 0.235. The fourth-order valence-corrected chi connectivity index (χ4v) is 3.00. The number of carbonyl (C=O) groups is 1. The molecule has 3 aromatic heterocycles. The number of amides is 1. The second-order valence-electron chi connectivity index (χ2n) is 5.30. The quantitative estimate of drug-likeness (QED) is 0.688. The van der Waals surface area contributed by atoms with Crippen molar-refractivity contribution in [1.82, 2.24) is 15.3 Å². The van der Waals surface area contributed by atoms with Gasteiger partial charge in [0.15, 0.2) is 10.8 Å². The zero-order chi connectivity index (χ0) is 16.8. The molecule has 3 heterocycles. The second-order valence-corrected chi connectivity index (χ2v) is 6.16. The van der Waals surface area contributed by atoms with Gasteiger partial charge in [0.25, 0.3) is 5.91 Å². The highest BCUT2D eigenvalue weighted by atomic mass is 32.1. The SMILES string of the molecule is O=C(NCC(CO)Cc1ccccn1)c1csc(-c2ccco2)n1. The van der Waals surface area contributed by atoms with Crippen LogP contribution in [0, 0.1) is 5.92 Å². The molecule has 7 heteroatoms. The number of carbonyl (C=O) groups excluding carboxylic acids is 1. The molecule has 24 heavy (non-hydrogen) atoms. The number of aliphatic hydroxyl groups is 1. The van der Waals surface area contributed by atoms with Crippen LogP contribution >= 0.6 is 11.3 Å². The maximum atomic E-state index is 12.2. The number of rotatable bonds is 7. The van der Waals surface area contributed by atoms with Crippen LogP contribution < -0.4 is 5.32 Å². The van der Waals surface area contributed by atoms with E-state index in [1.54, 1.807) is 30.0 Å². The number of hydrogen-bond acceptors (Lipinski definition) is 6. The van der Waals surface area contributed by atoms with Gasteiger partial charge in [-0.25, -0.2) is 4.98 Å². The highest BCUT2D eigenvalue weighted by Gasteiger charge is 2.15. The maximum absolute atomic E-state index is 12.2. The third kappa shape index (κ3) is 4.06. The number of nitrogens with one attached hydrogen (secondary N) is 1. The van der Waals surface area contributed by atoms with E-state index in [9.17, 15) is 9.90 Å². The zero-order valence-electron chi connectivity index (χ0n) is 12.9. The van der Waals surface area contributed by atoms with Gasteiger partial charge in [0.2, 0.25) is 0 Å². The second kappa shape index (κ2) is 7.85. The Morgan fingerprint density at radius 3 is 2.96 bits per heavy atom. The Kier molecular flexibility index (Phi) is 5.35. The molecule has 0 radical (unpaired) electrons. The molecule has 0 aliphatic carbocycles. The van der Waals surface area contributed by atoms with Crippen LogP contribution in [0.1, 0.15) is 16.2 Å². The van der Waals surface area contributed by atoms with Crippen molar-refractivity contribution < 1.29 is 14.3 Å². The van der Waals surface area contributed by atoms with E-state index < -0.39 is 0 Å². The average Bonchev–Trinajstić information content (AvgIpc) is 3.30. The van der Waals surface area contributed by atoms with Gasteiger partial charge in [0.1, 0.15) is 5.69 Å². The van der Waals surface area contributed by atoms with Crippen molar-refractivity contribution in [3.8, 4) is 10.8 Å². The molecule has 3 rings (SSSR count). The molecular formula is C17H17N3O3S. The van der Waals surface area contributed by atoms with Crippen LogP contribution in [0.15, 0.2) is 52.6 Å². The summed E-state index contributed by atoms with van der Waals surface area (Å²) in [6.07, 6.45) is 3.89. The number of nitrogens with zero attached hydrogens (tertiary/aromatic N) is 2. The predicted molar refractivity (Wildman–Crippen MR) is 90.7 cm³/mol. The minimum absolute atomic E-state index is 0.0223. The fourth-order valence-electron chi connectivity index (χ4n) is 2.23. The molecule has 0 aromatic carbocycles. The first-order chi connectivity index (χ1) is 11.8. The van der Waals surface area contributed by atoms with E-state index in [4.69, 9.17) is 4.42 Å². The number of aromatic nitrogens is 2. The molecule has 0 fully saturated rings. The molecular weight excluding hydrogens is 326 g/mol. The Labute approximate surface area is 143 Å². The van der Waals surface area contributed by atoms with Gasteiger partial charge in [-0.05, 0) is 30.7 Å². The van der Waals surface area contributed by atoms with Gasteiger partial charge in [-0.1, -0.05) is 6.07 Å². The summed E-state index contributed by atoms with van der Waals surface area (Å²) in [7, 11) is 0. The molecule has 2 N–H and O–H groups in total. The summed E-state index contributed by atoms with van der Waals surface area (Å²) < 4.78 is 5.27. The van der Waals surface area contributed by atoms with Gasteiger partial charge in [0.05, 0.1) is 6.26 Å². The standard InChI is InChI=1S/C17H17N3O3S/c21-10-12(8-13-4-1-2-6-18-13)9-19-16(22)14-11-24-17(20-14)15-5-3-7-23-15/h1-7,11-12,21H,8-10H2,(H,19,22). The van der Waals surface area contributed by atoms with Crippen LogP contribution in [-0.4, -0.2) is 34.1 Å². The van der Waals surface area contributed by atoms with Crippen LogP contribution in [-0.2, 0) is 6.42 Å². The minimum Gasteiger partial charge on any atom is -0.462 e. The van der Waals surface area contributed by atoms with E-state index in [0.29, 0.717) is 29.4 Å². The molecule has 0 saturated carbocycles. The Hall–Kier alpha value is -2.51. The summed E-state index contributed by atoms with van der Waals surface area (Å²) >= 11 is 1.35. The summed E-state index contributed by atoms with van der Waals surface area (Å²) in [6.45, 7) is 0.338. The van der Waals surface area contributed by atoms with Crippen molar-refractivity contribution in [2.45, 2.75) is 6.42 Å². The third-order valence-corrected chi connectivity index (χ3v) is 4.36. The predicted octanol–water partition coefficient (Wildman–Crippen LogP) is 2.38. The molecule has 0 spiro atoms. The molecule has 6 nitrogen and oxygen atoms in total. The Morgan fingerprint density at radius 2 is 2.25 bits per heavy atom. The number of hydrogen-bond donors (Lipinski definition) is 2. The van der Waals surface area contributed by atoms with Crippen molar-refractivity contribution in [1.29, 1.82) is 0 Å². The van der Waals surface area contributed by atoms with Crippen molar-refractivity contribution in [3.05, 3.63) is 59.6 Å². The molecule has 124 valence electrons. The normalized spacial score (nSPS) is 12.0. The van der Waals surface area contributed by atoms with Gasteiger partial charge < -0.3 is 14.8 Å². The van der Waals surface area contributed by atoms with Crippen LogP contribution in [0.3, 0.4) is 0 Å². The Bertz CT molecular complexity index is 772. The van der Waals surface area contributed by atoms with Crippen LogP contribution in [0.4, 0.5) is 0 Å². The smallest absolute Gasteiger partial charge is 0.270 e. The topological polar surface area (TPSA) is 88.2 Å². The third-order valence-electron chi connectivity index (χ3n) is 3.50. The van der Waals surface area contributed by atoms with Crippen LogP contribution in [0.5, 0.6) is 0 Å². The first-order valence-corrected chi connectivity index (χ1v) is 8.42. The monoisotopic (exact) mass is 343 g/mol. The van der Waals surface area contributed by atoms with E-state index in [1.807, 2.05) is 18.2 Å². The van der Waals surface area contributed by atoms with Crippen molar-refractivity contribution in [2.24, 2.45) is 5.92 Å². The summed E-state index contributed by atoms with van der Waals surface area (Å²) in [5, 5.41) is 14.7. The molecule has 0 saturated heterocycles. The van der Waals surface area contributed by atoms with E-state index in [1.165, 1.54) is 11.3 Å². The van der Waals surface area contributed by atoms with Crippen LogP contribution in [0.25, 0.3) is 10.8 Å². The van der Waals surface area contributed by atoms with Gasteiger partial charge in [-0.3, -0.25) is 9.78 Å². The van der Waals surface area contributed by atoms with Gasteiger partial charge in [-0.2, -0.15) is 0 Å². The lowest BCUT2D eigenvalue weighted by Crippen LogP contribution is -2.32. The number of furan rings is 1. The number of pyridine rings is 1. The minimum atomic E-state index is -0.261. The number of thiazole rings is 1. The van der Waals surface area contributed by atoms with Gasteiger partial charge >= 0.3 is 0 Å². The zero-order valence-corrected chi connectivity index (χ0v) is 13.7. The Morgan fingerprint density at radius 1 is 1.33 bits per heavy atom. The molecule has 0 bridgehead atoms. The lowest BCUT2D eigenvalue weighted by Gasteiger charge is -2.14. The highest BCUT2D eigenvalue weighted by Crippen LogP contribution is 2.23. The summed E-state index contributed by atoms with van der Waals surface area (Å²) in [4.78, 5) is 20.7. The van der Waals surface area contributed by atoms with Crippen molar-refractivity contribution >= 4 is 17.2 Å². The first kappa shape index (κ1) is 16.4. The van der Waals surface area contributed by atoms with Gasteiger partial charge in [-0.15, -0.1) is 11.3 Å². The van der Waals surface area contributed by atoms with Crippen molar-refractivity contribution in [2.75, 3.05) is 13.2 Å². The lowest BCUT2D eigenvalue weighted by atomic mass is 10.0. The first-order valence-electron chi connectivity index (χ1n) is 7.54. The van der Waals surface area contributed by atoms with Crippen molar-refractivity contribution in [3.63, 3.8) is 0 Å². The molecule has 1 atom stereocenters. The van der Waals surface area contributed by atoms with E-state index in [2.05, 4.69) is 15.3 Å². The highest BCUT2D eigenvalue weighted by molar-refractivity contribution is 7.13. The lowest BCUT2D eigenvalue weighted by molar-refractivity contribution is 0.0935. The summed E-state index contributed by atoms with van der Waals surface area (Å²) in [5.74, 6) is 0.290. The van der Waals surface area contributed by atoms with Crippen LogP contribution in [0.2, 0.25) is 0 Å². The summed E-state index contributed by atoms with van der Waals surface area (Å²) in [5.41, 5.74) is 1.24. The summed E-state index contributed by atoms with van der Waals surface area (Å²) in [6, 6.07) is 9.23. The number of aliphatic hydroxyl groups excluding tert-OH is 1. The van der Waals surface area contributed by atoms with E-state index >= 15 is 0 Å². The van der Waals surface area contributed by atoms with E-state index in [0.717, 1.165) is 5.69 Å². The molecule has 3 aromatic rings. The Balaban J connectivity index is 1.56. The molecule has 0 aliphatic rings. The molecule has 1 unspecified atom stereocenters. The average molecular weight is 343 g/mol. The van der Waals surface area contributed by atoms with E-state index in [-0.39, 0.29) is 18.4 Å². The maximum Gasteiger partial charge on any atom is 0.270 e. The van der Waals surface area contributed by atoms with Gasteiger partial charge in [0, 0.05) is 36.3 Å². The molecule has 1 amide bonds. The largest absolute Gasteiger partial charge is 0.462 e. The molecule has 0 aliphatic heterocycles.